The van der Waals surface area contributed by atoms with Gasteiger partial charge < -0.3 is 19.3 Å². The Balaban J connectivity index is 1.33. The molecule has 0 aromatic heterocycles. The van der Waals surface area contributed by atoms with Crippen LogP contribution in [0.15, 0.2) is 36.4 Å². The van der Waals surface area contributed by atoms with Crippen LogP contribution < -0.4 is 14.4 Å². The fourth-order valence-electron chi connectivity index (χ4n) is 8.79. The highest BCUT2D eigenvalue weighted by atomic mass is 35.5. The maximum Gasteiger partial charge on any atom is 0.264 e. The van der Waals surface area contributed by atoms with Gasteiger partial charge in [0, 0.05) is 62.9 Å². The molecule has 2 amide bonds. The van der Waals surface area contributed by atoms with E-state index in [0.717, 1.165) is 81.8 Å². The third-order valence-corrected chi connectivity index (χ3v) is 14.4. The number of hydrogen-bond donors (Lipinski definition) is 1. The summed E-state index contributed by atoms with van der Waals surface area (Å²) in [5.74, 6) is 1.35. The average molecular weight is 757 g/mol. The van der Waals surface area contributed by atoms with Crippen molar-refractivity contribution in [3.05, 3.63) is 58.1 Å². The van der Waals surface area contributed by atoms with E-state index in [9.17, 15) is 18.0 Å². The second-order valence-electron chi connectivity index (χ2n) is 15.6. The zero-order valence-electron chi connectivity index (χ0n) is 31.3. The van der Waals surface area contributed by atoms with Gasteiger partial charge in [-0.2, -0.15) is 0 Å². The topological polar surface area (TPSA) is 108 Å². The molecule has 3 heterocycles. The van der Waals surface area contributed by atoms with Crippen LogP contribution >= 0.6 is 11.6 Å². The number of nitrogens with one attached hydrogen (secondary N) is 1. The summed E-state index contributed by atoms with van der Waals surface area (Å²) in [6.45, 7) is 11.9. The van der Waals surface area contributed by atoms with Crippen molar-refractivity contribution >= 4 is 39.1 Å². The number of sulfonamides is 1. The number of methoxy groups -OCH3 is 1. The van der Waals surface area contributed by atoms with Crippen molar-refractivity contribution in [1.82, 2.24) is 14.5 Å². The van der Waals surface area contributed by atoms with Crippen molar-refractivity contribution in [3.8, 4) is 5.75 Å². The summed E-state index contributed by atoms with van der Waals surface area (Å²) in [7, 11) is -2.23. The first-order valence-corrected chi connectivity index (χ1v) is 21.2. The van der Waals surface area contributed by atoms with Crippen LogP contribution in [0.4, 0.5) is 5.69 Å². The number of amides is 2. The van der Waals surface area contributed by atoms with Crippen LogP contribution in [0.2, 0.25) is 5.02 Å². The molecule has 1 aliphatic carbocycles. The molecule has 4 aliphatic rings. The molecule has 1 N–H and O–H groups in total. The van der Waals surface area contributed by atoms with E-state index < -0.39 is 21.2 Å². The summed E-state index contributed by atoms with van der Waals surface area (Å²) in [4.78, 5) is 33.6. The van der Waals surface area contributed by atoms with E-state index in [1.165, 1.54) is 11.1 Å². The third-order valence-electron chi connectivity index (χ3n) is 12.3. The molecule has 6 atom stereocenters. The van der Waals surface area contributed by atoms with E-state index in [1.807, 2.05) is 25.1 Å². The summed E-state index contributed by atoms with van der Waals surface area (Å²) in [5.41, 5.74) is 3.57. The lowest BCUT2D eigenvalue weighted by atomic mass is 9.65. The van der Waals surface area contributed by atoms with Gasteiger partial charge in [0.1, 0.15) is 5.75 Å². The monoisotopic (exact) mass is 756 g/mol. The lowest BCUT2D eigenvalue weighted by molar-refractivity contribution is -0.137. The van der Waals surface area contributed by atoms with E-state index in [1.54, 1.807) is 20.1 Å². The number of benzene rings is 2. The average Bonchev–Trinajstić information content (AvgIpc) is 3.28. The first-order chi connectivity index (χ1) is 25.0. The van der Waals surface area contributed by atoms with Crippen LogP contribution in [0.3, 0.4) is 0 Å². The molecule has 2 aromatic carbocycles. The number of nitrogens with zero attached hydrogens (tertiary/aromatic N) is 3. The maximum atomic E-state index is 13.5. The molecule has 1 saturated heterocycles. The van der Waals surface area contributed by atoms with Gasteiger partial charge in [-0.25, -0.2) is 13.1 Å². The fourth-order valence-corrected chi connectivity index (χ4v) is 10.3. The number of hydrogen-bond acceptors (Lipinski definition) is 8. The second kappa shape index (κ2) is 17.1. The van der Waals surface area contributed by atoms with E-state index in [2.05, 4.69) is 38.5 Å². The van der Waals surface area contributed by atoms with Crippen molar-refractivity contribution in [1.29, 1.82) is 0 Å². The van der Waals surface area contributed by atoms with E-state index in [-0.39, 0.29) is 17.7 Å². The highest BCUT2D eigenvalue weighted by Crippen LogP contribution is 2.45. The molecule has 2 bridgehead atoms. The number of halogens is 1. The zero-order valence-corrected chi connectivity index (χ0v) is 32.9. The molecule has 10 nitrogen and oxygen atoms in total. The number of carbonyl (C=O) groups is 2. The molecular formula is C40H57ClN4O6S. The van der Waals surface area contributed by atoms with E-state index in [4.69, 9.17) is 21.1 Å². The lowest BCUT2D eigenvalue weighted by Gasteiger charge is -2.47. The van der Waals surface area contributed by atoms with Crippen LogP contribution in [0, 0.1) is 23.7 Å². The van der Waals surface area contributed by atoms with Gasteiger partial charge in [0.25, 0.3) is 5.91 Å². The SMILES string of the molecule is CCCc1cc(Cl)ccc1C1COc2ccc3cc2N(C1)CC1CCC1C(CN1CCN(CCOC)CC1=O)CCCC(C)C(C)S(=O)(=O)NC3=O. The predicted octanol–water partition coefficient (Wildman–Crippen LogP) is 5.98. The molecule has 0 radical (unpaired) electrons. The number of aryl methyl sites for hydroxylation is 1. The van der Waals surface area contributed by atoms with Crippen molar-refractivity contribution < 1.29 is 27.5 Å². The van der Waals surface area contributed by atoms with Crippen LogP contribution in [-0.2, 0) is 26.0 Å². The quantitative estimate of drug-likeness (QED) is 0.351. The summed E-state index contributed by atoms with van der Waals surface area (Å²) in [5, 5.41) is -0.0123. The van der Waals surface area contributed by atoms with Crippen molar-refractivity contribution in [2.75, 3.05) is 71.0 Å². The molecule has 0 spiro atoms. The van der Waals surface area contributed by atoms with Gasteiger partial charge in [-0.3, -0.25) is 14.5 Å². The molecule has 286 valence electrons. The van der Waals surface area contributed by atoms with Gasteiger partial charge in [0.05, 0.1) is 30.7 Å². The Bertz CT molecular complexity index is 1690. The Labute approximate surface area is 315 Å². The molecule has 3 aliphatic heterocycles. The van der Waals surface area contributed by atoms with Gasteiger partial charge in [0.2, 0.25) is 15.9 Å². The number of fused-ring (bicyclic) bond motifs is 2. The maximum absolute atomic E-state index is 13.5. The number of piperazine rings is 1. The Morgan fingerprint density at radius 2 is 1.85 bits per heavy atom. The second-order valence-corrected chi connectivity index (χ2v) is 18.1. The first kappa shape index (κ1) is 38.9. The fraction of sp³-hybridized carbons (Fsp3) is 0.650. The Kier molecular flexibility index (Phi) is 12.8. The summed E-state index contributed by atoms with van der Waals surface area (Å²) in [6.07, 6.45) is 6.65. The largest absolute Gasteiger partial charge is 0.491 e. The van der Waals surface area contributed by atoms with Gasteiger partial charge in [-0.1, -0.05) is 44.4 Å². The molecule has 12 heteroatoms. The Morgan fingerprint density at radius 3 is 2.58 bits per heavy atom. The number of rotatable bonds is 8. The minimum absolute atomic E-state index is 0.0677. The smallest absolute Gasteiger partial charge is 0.264 e. The summed E-state index contributed by atoms with van der Waals surface area (Å²) < 4.78 is 41.2. The molecule has 2 aromatic rings. The minimum atomic E-state index is -3.92. The van der Waals surface area contributed by atoms with Crippen LogP contribution in [0.5, 0.6) is 5.75 Å². The third kappa shape index (κ3) is 8.91. The van der Waals surface area contributed by atoms with Crippen molar-refractivity contribution in [2.45, 2.75) is 76.9 Å². The van der Waals surface area contributed by atoms with Gasteiger partial charge in [-0.05, 0) is 104 Å². The van der Waals surface area contributed by atoms with Crippen LogP contribution in [-0.4, -0.2) is 101 Å². The predicted molar refractivity (Wildman–Crippen MR) is 206 cm³/mol. The highest BCUT2D eigenvalue weighted by molar-refractivity contribution is 7.90. The highest BCUT2D eigenvalue weighted by Gasteiger charge is 2.41. The number of carbonyl (C=O) groups excluding carboxylic acids is 2. The lowest BCUT2D eigenvalue weighted by Crippen LogP contribution is -2.53. The molecule has 1 saturated carbocycles. The van der Waals surface area contributed by atoms with E-state index >= 15 is 0 Å². The number of anilines is 1. The molecule has 6 rings (SSSR count). The Morgan fingerprint density at radius 1 is 1.02 bits per heavy atom. The standard InChI is InChI=1S/C40H57ClN4O6S/c1-5-7-29-20-34(41)12-14-35(29)33-24-45-23-32-10-13-36(32)31(22-44-17-16-43(18-19-50-4)25-39(44)46)9-6-8-27(2)28(3)52(48,49)42-40(47)30-11-15-38(51-26-33)37(45)21-30/h11-12,14-15,20-21,27-28,31-33,36H,5-10,13,16-19,22-26H2,1-4H3,(H,42,47). The van der Waals surface area contributed by atoms with Crippen molar-refractivity contribution in [2.24, 2.45) is 23.7 Å². The van der Waals surface area contributed by atoms with Gasteiger partial charge in [0.15, 0.2) is 0 Å². The van der Waals surface area contributed by atoms with Crippen LogP contribution in [0.25, 0.3) is 0 Å². The summed E-state index contributed by atoms with van der Waals surface area (Å²) >= 11 is 6.47. The molecule has 6 unspecified atom stereocenters. The molecule has 2 fully saturated rings. The Hall–Kier alpha value is -2.86. The van der Waals surface area contributed by atoms with Crippen molar-refractivity contribution in [3.63, 3.8) is 0 Å². The molecular weight excluding hydrogens is 700 g/mol. The zero-order chi connectivity index (χ0) is 37.0. The normalized spacial score (nSPS) is 28.6. The van der Waals surface area contributed by atoms with Gasteiger partial charge in [-0.15, -0.1) is 0 Å². The molecule has 52 heavy (non-hydrogen) atoms. The number of ether oxygens (including phenoxy) is 2. The van der Waals surface area contributed by atoms with Crippen LogP contribution in [0.1, 0.15) is 86.7 Å². The van der Waals surface area contributed by atoms with E-state index in [0.29, 0.717) is 61.9 Å². The first-order valence-electron chi connectivity index (χ1n) is 19.3. The van der Waals surface area contributed by atoms with Gasteiger partial charge >= 0.3 is 0 Å². The minimum Gasteiger partial charge on any atom is -0.491 e. The summed E-state index contributed by atoms with van der Waals surface area (Å²) in [6, 6.07) is 11.5.